The predicted molar refractivity (Wildman–Crippen MR) is 72.8 cm³/mol. The highest BCUT2D eigenvalue weighted by molar-refractivity contribution is 5.75. The van der Waals surface area contributed by atoms with Crippen molar-refractivity contribution in [1.82, 2.24) is 10.6 Å². The van der Waals surface area contributed by atoms with Gasteiger partial charge >= 0.3 is 0 Å². The Kier molecular flexibility index (Phi) is 5.65. The van der Waals surface area contributed by atoms with Gasteiger partial charge in [-0.2, -0.15) is 0 Å². The molecule has 4 heteroatoms. The molecule has 0 spiro atoms. The van der Waals surface area contributed by atoms with Crippen LogP contribution >= 0.6 is 0 Å². The molecule has 0 fully saturated rings. The quantitative estimate of drug-likeness (QED) is 0.809. The third kappa shape index (κ3) is 4.04. The average Bonchev–Trinajstić information content (AvgIpc) is 2.37. The van der Waals surface area contributed by atoms with Crippen LogP contribution in [0.4, 0.5) is 0 Å². The van der Waals surface area contributed by atoms with Crippen molar-refractivity contribution >= 4 is 5.91 Å². The number of rotatable bonds is 6. The van der Waals surface area contributed by atoms with Crippen molar-refractivity contribution in [1.29, 1.82) is 0 Å². The van der Waals surface area contributed by atoms with Crippen LogP contribution in [0.2, 0.25) is 0 Å². The minimum Gasteiger partial charge on any atom is -0.496 e. The molecule has 0 aromatic heterocycles. The molecule has 1 rings (SSSR count). The molecule has 0 saturated carbocycles. The monoisotopic (exact) mass is 250 g/mol. The smallest absolute Gasteiger partial charge is 0.221 e. The van der Waals surface area contributed by atoms with E-state index in [1.807, 2.05) is 13.0 Å². The first-order valence-electron chi connectivity index (χ1n) is 6.17. The Morgan fingerprint density at radius 2 is 2.17 bits per heavy atom. The van der Waals surface area contributed by atoms with E-state index in [0.29, 0.717) is 13.0 Å². The van der Waals surface area contributed by atoms with E-state index >= 15 is 0 Å². The maximum atomic E-state index is 11.1. The molecule has 18 heavy (non-hydrogen) atoms. The van der Waals surface area contributed by atoms with Gasteiger partial charge in [0.15, 0.2) is 0 Å². The van der Waals surface area contributed by atoms with Crippen molar-refractivity contribution in [2.24, 2.45) is 0 Å². The summed E-state index contributed by atoms with van der Waals surface area (Å²) in [4.78, 5) is 11.1. The summed E-state index contributed by atoms with van der Waals surface area (Å²) >= 11 is 0. The Morgan fingerprint density at radius 1 is 1.44 bits per heavy atom. The van der Waals surface area contributed by atoms with Crippen LogP contribution in [0.1, 0.15) is 30.5 Å². The van der Waals surface area contributed by atoms with Gasteiger partial charge in [0.25, 0.3) is 0 Å². The van der Waals surface area contributed by atoms with Crippen molar-refractivity contribution in [3.63, 3.8) is 0 Å². The maximum absolute atomic E-state index is 11.1. The van der Waals surface area contributed by atoms with Crippen molar-refractivity contribution < 1.29 is 9.53 Å². The van der Waals surface area contributed by atoms with Gasteiger partial charge in [-0.3, -0.25) is 4.79 Å². The van der Waals surface area contributed by atoms with Crippen molar-refractivity contribution in [2.75, 3.05) is 20.7 Å². The number of carbonyl (C=O) groups is 1. The Balaban J connectivity index is 2.60. The number of hydrogen-bond acceptors (Lipinski definition) is 3. The molecule has 0 saturated heterocycles. The van der Waals surface area contributed by atoms with Crippen molar-refractivity contribution in [3.8, 4) is 5.75 Å². The number of nitrogens with one attached hydrogen (secondary N) is 2. The second kappa shape index (κ2) is 7.01. The summed E-state index contributed by atoms with van der Waals surface area (Å²) in [6.07, 6.45) is 0.481. The Bertz CT molecular complexity index is 405. The number of hydrogen-bond donors (Lipinski definition) is 2. The fourth-order valence-corrected chi connectivity index (χ4v) is 1.81. The van der Waals surface area contributed by atoms with E-state index in [1.54, 1.807) is 14.2 Å². The highest BCUT2D eigenvalue weighted by atomic mass is 16.5. The Hall–Kier alpha value is -1.55. The van der Waals surface area contributed by atoms with Gasteiger partial charge in [-0.1, -0.05) is 12.1 Å². The van der Waals surface area contributed by atoms with Crippen molar-refractivity contribution in [3.05, 3.63) is 29.3 Å². The molecule has 2 N–H and O–H groups in total. The number of benzene rings is 1. The van der Waals surface area contributed by atoms with Gasteiger partial charge in [-0.25, -0.2) is 0 Å². The fraction of sp³-hybridized carbons (Fsp3) is 0.500. The van der Waals surface area contributed by atoms with Crippen LogP contribution in [-0.4, -0.2) is 26.6 Å². The van der Waals surface area contributed by atoms with E-state index in [1.165, 1.54) is 5.56 Å². The van der Waals surface area contributed by atoms with Gasteiger partial charge in [0.1, 0.15) is 5.75 Å². The molecule has 1 aromatic carbocycles. The summed E-state index contributed by atoms with van der Waals surface area (Å²) in [6.45, 7) is 4.75. The van der Waals surface area contributed by atoms with E-state index in [0.717, 1.165) is 11.3 Å². The van der Waals surface area contributed by atoms with Crippen LogP contribution in [0.3, 0.4) is 0 Å². The van der Waals surface area contributed by atoms with Crippen LogP contribution in [-0.2, 0) is 4.79 Å². The largest absolute Gasteiger partial charge is 0.496 e. The number of carbonyl (C=O) groups excluding carboxylic acids is 1. The van der Waals surface area contributed by atoms with Gasteiger partial charge in [0, 0.05) is 31.6 Å². The zero-order valence-corrected chi connectivity index (χ0v) is 11.5. The molecule has 1 unspecified atom stereocenters. The summed E-state index contributed by atoms with van der Waals surface area (Å²) in [5.41, 5.74) is 2.29. The van der Waals surface area contributed by atoms with Crippen LogP contribution in [0.25, 0.3) is 0 Å². The lowest BCUT2D eigenvalue weighted by atomic mass is 10.0. The summed E-state index contributed by atoms with van der Waals surface area (Å²) in [5.74, 6) is 0.931. The first-order valence-corrected chi connectivity index (χ1v) is 6.17. The number of aryl methyl sites for hydroxylation is 1. The van der Waals surface area contributed by atoms with E-state index in [4.69, 9.17) is 4.74 Å². The molecule has 1 atom stereocenters. The van der Waals surface area contributed by atoms with Crippen LogP contribution < -0.4 is 15.4 Å². The molecule has 4 nitrogen and oxygen atoms in total. The van der Waals surface area contributed by atoms with E-state index < -0.39 is 0 Å². The topological polar surface area (TPSA) is 50.4 Å². The minimum atomic E-state index is 0.0468. The van der Waals surface area contributed by atoms with Gasteiger partial charge in [-0.15, -0.1) is 0 Å². The Morgan fingerprint density at radius 3 is 2.78 bits per heavy atom. The summed E-state index contributed by atoms with van der Waals surface area (Å²) in [5, 5.41) is 5.92. The average molecular weight is 250 g/mol. The van der Waals surface area contributed by atoms with Gasteiger partial charge in [0.2, 0.25) is 5.91 Å². The molecular formula is C14H22N2O2. The lowest BCUT2D eigenvalue weighted by Crippen LogP contribution is -2.26. The van der Waals surface area contributed by atoms with Crippen LogP contribution in [0.15, 0.2) is 18.2 Å². The lowest BCUT2D eigenvalue weighted by molar-refractivity contribution is -0.120. The molecule has 0 radical (unpaired) electrons. The first kappa shape index (κ1) is 14.5. The standard InChI is InChI=1S/C14H22N2O2/c1-10-5-6-12(13(9-10)18-4)11(2)16-8-7-14(17)15-3/h5-6,9,11,16H,7-8H2,1-4H3,(H,15,17). The highest BCUT2D eigenvalue weighted by Crippen LogP contribution is 2.25. The molecule has 1 amide bonds. The molecule has 0 aliphatic carbocycles. The molecule has 100 valence electrons. The zero-order chi connectivity index (χ0) is 13.5. The number of methoxy groups -OCH3 is 1. The normalized spacial score (nSPS) is 12.0. The van der Waals surface area contributed by atoms with E-state index in [9.17, 15) is 4.79 Å². The first-order chi connectivity index (χ1) is 8.58. The lowest BCUT2D eigenvalue weighted by Gasteiger charge is -2.17. The molecule has 0 bridgehead atoms. The molecular weight excluding hydrogens is 228 g/mol. The van der Waals surface area contributed by atoms with E-state index in [2.05, 4.69) is 29.7 Å². The minimum absolute atomic E-state index is 0.0468. The SMILES string of the molecule is CNC(=O)CCNC(C)c1ccc(C)cc1OC. The highest BCUT2D eigenvalue weighted by Gasteiger charge is 2.11. The third-order valence-corrected chi connectivity index (χ3v) is 2.94. The Labute approximate surface area is 109 Å². The van der Waals surface area contributed by atoms with Crippen molar-refractivity contribution in [2.45, 2.75) is 26.3 Å². The van der Waals surface area contributed by atoms with Crippen LogP contribution in [0, 0.1) is 6.92 Å². The molecule has 0 aliphatic heterocycles. The maximum Gasteiger partial charge on any atom is 0.221 e. The molecule has 1 aromatic rings. The van der Waals surface area contributed by atoms with Gasteiger partial charge in [-0.05, 0) is 25.5 Å². The zero-order valence-electron chi connectivity index (χ0n) is 11.5. The fourth-order valence-electron chi connectivity index (χ4n) is 1.81. The second-order valence-electron chi connectivity index (χ2n) is 4.34. The molecule has 0 aliphatic rings. The summed E-state index contributed by atoms with van der Waals surface area (Å²) < 4.78 is 5.38. The predicted octanol–water partition coefficient (Wildman–Crippen LogP) is 1.79. The van der Waals surface area contributed by atoms with Crippen LogP contribution in [0.5, 0.6) is 5.75 Å². The number of amides is 1. The van der Waals surface area contributed by atoms with Gasteiger partial charge in [0.05, 0.1) is 7.11 Å². The third-order valence-electron chi connectivity index (χ3n) is 2.94. The summed E-state index contributed by atoms with van der Waals surface area (Å²) in [6, 6.07) is 6.30. The second-order valence-corrected chi connectivity index (χ2v) is 4.34. The van der Waals surface area contributed by atoms with Gasteiger partial charge < -0.3 is 15.4 Å². The molecule has 0 heterocycles. The summed E-state index contributed by atoms with van der Waals surface area (Å²) in [7, 11) is 3.32. The van der Waals surface area contributed by atoms with E-state index in [-0.39, 0.29) is 11.9 Å². The number of ether oxygens (including phenoxy) is 1.